The van der Waals surface area contributed by atoms with Crippen LogP contribution in [-0.2, 0) is 0 Å². The molecule has 0 spiro atoms. The smallest absolute Gasteiger partial charge is 0.229 e. The third-order valence-electron chi connectivity index (χ3n) is 5.77. The Morgan fingerprint density at radius 2 is 1.78 bits per heavy atom. The molecule has 1 aliphatic rings. The number of aliphatic hydroxyl groups excluding tert-OH is 1. The minimum Gasteiger partial charge on any atom is -0.395 e. The minimum atomic E-state index is 0.184. The van der Waals surface area contributed by atoms with Crippen LogP contribution in [0.1, 0.15) is 5.56 Å². The fraction of sp³-hybridized carbons (Fsp3) is 0.292. The van der Waals surface area contributed by atoms with Gasteiger partial charge in [0.25, 0.3) is 0 Å². The van der Waals surface area contributed by atoms with Crippen LogP contribution in [0.15, 0.2) is 60.8 Å². The van der Waals surface area contributed by atoms with Crippen molar-refractivity contribution in [3.8, 4) is 5.69 Å². The third kappa shape index (κ3) is 4.15. The first kappa shape index (κ1) is 20.4. The molecule has 0 atom stereocenters. The first-order valence-electron chi connectivity index (χ1n) is 10.9. The van der Waals surface area contributed by atoms with E-state index in [2.05, 4.69) is 39.3 Å². The number of rotatable bonds is 6. The molecule has 4 aromatic rings. The summed E-state index contributed by atoms with van der Waals surface area (Å²) in [5.74, 6) is 1.43. The van der Waals surface area contributed by atoms with Gasteiger partial charge < -0.3 is 15.3 Å². The van der Waals surface area contributed by atoms with Gasteiger partial charge in [0.1, 0.15) is 5.82 Å². The minimum absolute atomic E-state index is 0.184. The number of benzene rings is 2. The molecule has 0 saturated carbocycles. The molecule has 1 aliphatic heterocycles. The number of β-amino-alcohol motifs (C(OH)–C–C–N with tert-alkyl or cyclic N) is 1. The average molecular weight is 430 g/mol. The van der Waals surface area contributed by atoms with E-state index in [-0.39, 0.29) is 6.61 Å². The molecule has 3 heterocycles. The highest BCUT2D eigenvalue weighted by Crippen LogP contribution is 2.28. The molecule has 1 saturated heterocycles. The summed E-state index contributed by atoms with van der Waals surface area (Å²) in [4.78, 5) is 14.3. The van der Waals surface area contributed by atoms with E-state index < -0.39 is 0 Å². The highest BCUT2D eigenvalue weighted by Gasteiger charge is 2.22. The van der Waals surface area contributed by atoms with Crippen molar-refractivity contribution in [2.45, 2.75) is 6.92 Å². The van der Waals surface area contributed by atoms with E-state index in [1.165, 1.54) is 5.56 Å². The number of piperazine rings is 1. The van der Waals surface area contributed by atoms with Crippen molar-refractivity contribution in [2.24, 2.45) is 0 Å². The molecular formula is C24H27N7O. The van der Waals surface area contributed by atoms with E-state index in [1.807, 2.05) is 53.3 Å². The maximum Gasteiger partial charge on any atom is 0.229 e. The van der Waals surface area contributed by atoms with Crippen molar-refractivity contribution < 1.29 is 5.11 Å². The third-order valence-corrected chi connectivity index (χ3v) is 5.77. The quantitative estimate of drug-likeness (QED) is 0.488. The van der Waals surface area contributed by atoms with E-state index in [0.29, 0.717) is 12.5 Å². The van der Waals surface area contributed by atoms with Crippen molar-refractivity contribution in [3.05, 3.63) is 66.4 Å². The van der Waals surface area contributed by atoms with Crippen LogP contribution in [0.2, 0.25) is 0 Å². The van der Waals surface area contributed by atoms with Crippen LogP contribution in [0.3, 0.4) is 0 Å². The number of aliphatic hydroxyl groups is 1. The van der Waals surface area contributed by atoms with Crippen molar-refractivity contribution >= 4 is 28.5 Å². The zero-order valence-corrected chi connectivity index (χ0v) is 18.1. The Morgan fingerprint density at radius 3 is 2.53 bits per heavy atom. The zero-order chi connectivity index (χ0) is 21.9. The van der Waals surface area contributed by atoms with Crippen LogP contribution in [-0.4, -0.2) is 69.1 Å². The van der Waals surface area contributed by atoms with E-state index in [9.17, 15) is 5.11 Å². The van der Waals surface area contributed by atoms with E-state index >= 15 is 0 Å². The van der Waals surface area contributed by atoms with Crippen molar-refractivity contribution in [1.82, 2.24) is 24.6 Å². The summed E-state index contributed by atoms with van der Waals surface area (Å²) in [5.41, 5.74) is 3.90. The summed E-state index contributed by atoms with van der Waals surface area (Å²) in [7, 11) is 0. The van der Waals surface area contributed by atoms with Gasteiger partial charge in [-0.1, -0.05) is 30.3 Å². The molecule has 8 nitrogen and oxygen atoms in total. The number of aryl methyl sites for hydroxylation is 1. The summed E-state index contributed by atoms with van der Waals surface area (Å²) in [6, 6.07) is 18.3. The molecule has 5 rings (SSSR count). The molecule has 1 fully saturated rings. The normalized spacial score (nSPS) is 14.8. The van der Waals surface area contributed by atoms with Gasteiger partial charge in [-0.15, -0.1) is 0 Å². The van der Waals surface area contributed by atoms with Gasteiger partial charge in [-0.25, -0.2) is 4.68 Å². The number of aromatic nitrogens is 4. The summed E-state index contributed by atoms with van der Waals surface area (Å²) >= 11 is 0. The van der Waals surface area contributed by atoms with Crippen LogP contribution in [0, 0.1) is 6.92 Å². The Balaban J connectivity index is 1.56. The number of hydrogen-bond donors (Lipinski definition) is 2. The van der Waals surface area contributed by atoms with E-state index in [0.717, 1.165) is 54.4 Å². The Morgan fingerprint density at radius 1 is 0.969 bits per heavy atom. The van der Waals surface area contributed by atoms with Gasteiger partial charge in [0.15, 0.2) is 5.65 Å². The van der Waals surface area contributed by atoms with Crippen LogP contribution < -0.4 is 10.2 Å². The second-order valence-corrected chi connectivity index (χ2v) is 8.05. The molecular weight excluding hydrogens is 402 g/mol. The number of fused-ring (bicyclic) bond motifs is 1. The number of para-hydroxylation sites is 1. The predicted octanol–water partition coefficient (Wildman–Crippen LogP) is 2.98. The molecule has 32 heavy (non-hydrogen) atoms. The fourth-order valence-corrected chi connectivity index (χ4v) is 4.06. The second-order valence-electron chi connectivity index (χ2n) is 8.05. The molecule has 0 aliphatic carbocycles. The highest BCUT2D eigenvalue weighted by molar-refractivity contribution is 5.90. The van der Waals surface area contributed by atoms with Gasteiger partial charge in [-0.3, -0.25) is 4.90 Å². The van der Waals surface area contributed by atoms with Gasteiger partial charge >= 0.3 is 0 Å². The fourth-order valence-electron chi connectivity index (χ4n) is 4.06. The zero-order valence-electron chi connectivity index (χ0n) is 18.1. The Hall–Kier alpha value is -3.49. The lowest BCUT2D eigenvalue weighted by atomic mass is 10.2. The molecule has 0 bridgehead atoms. The maximum absolute atomic E-state index is 9.23. The molecule has 0 amide bonds. The molecule has 8 heteroatoms. The van der Waals surface area contributed by atoms with Gasteiger partial charge in [0.2, 0.25) is 5.95 Å². The lowest BCUT2D eigenvalue weighted by Gasteiger charge is -2.34. The standard InChI is InChI=1S/C24H27N7O/c1-18-6-5-7-19(16-18)26-22-21-17-25-31(20-8-3-2-4-9-20)23(21)28-24(27-22)30-12-10-29(11-13-30)14-15-32/h2-9,16-17,32H,10-15H2,1H3,(H,26,27,28). The van der Waals surface area contributed by atoms with Gasteiger partial charge in [-0.2, -0.15) is 15.1 Å². The summed E-state index contributed by atoms with van der Waals surface area (Å²) in [6.45, 7) is 6.34. The molecule has 2 aromatic heterocycles. The monoisotopic (exact) mass is 429 g/mol. The van der Waals surface area contributed by atoms with Crippen LogP contribution in [0.25, 0.3) is 16.7 Å². The molecule has 2 N–H and O–H groups in total. The van der Waals surface area contributed by atoms with E-state index in [4.69, 9.17) is 9.97 Å². The van der Waals surface area contributed by atoms with E-state index in [1.54, 1.807) is 0 Å². The Labute approximate surface area is 187 Å². The number of nitrogens with zero attached hydrogens (tertiary/aromatic N) is 6. The lowest BCUT2D eigenvalue weighted by molar-refractivity contribution is 0.188. The largest absolute Gasteiger partial charge is 0.395 e. The molecule has 164 valence electrons. The summed E-state index contributed by atoms with van der Waals surface area (Å²) < 4.78 is 1.87. The van der Waals surface area contributed by atoms with Crippen molar-refractivity contribution in [2.75, 3.05) is 49.5 Å². The number of nitrogens with one attached hydrogen (secondary N) is 1. The number of anilines is 3. The van der Waals surface area contributed by atoms with Gasteiger partial charge in [-0.05, 0) is 36.8 Å². The Bertz CT molecular complexity index is 1200. The predicted molar refractivity (Wildman–Crippen MR) is 127 cm³/mol. The number of hydrogen-bond acceptors (Lipinski definition) is 7. The van der Waals surface area contributed by atoms with Crippen LogP contribution in [0.4, 0.5) is 17.5 Å². The maximum atomic E-state index is 9.23. The second kappa shape index (κ2) is 8.94. The van der Waals surface area contributed by atoms with Crippen LogP contribution >= 0.6 is 0 Å². The van der Waals surface area contributed by atoms with Gasteiger partial charge in [0, 0.05) is 38.4 Å². The first-order valence-corrected chi connectivity index (χ1v) is 10.9. The Kier molecular flexibility index (Phi) is 5.70. The molecule has 0 unspecified atom stereocenters. The van der Waals surface area contributed by atoms with Crippen molar-refractivity contribution in [3.63, 3.8) is 0 Å². The summed E-state index contributed by atoms with van der Waals surface area (Å²) in [5, 5.41) is 18.2. The SMILES string of the molecule is Cc1cccc(Nc2nc(N3CCN(CCO)CC3)nc3c2cnn3-c2ccccc2)c1. The highest BCUT2D eigenvalue weighted by atomic mass is 16.3. The van der Waals surface area contributed by atoms with Crippen LogP contribution in [0.5, 0.6) is 0 Å². The first-order chi connectivity index (χ1) is 15.7. The topological polar surface area (TPSA) is 82.3 Å². The van der Waals surface area contributed by atoms with Gasteiger partial charge in [0.05, 0.1) is 23.9 Å². The lowest BCUT2D eigenvalue weighted by Crippen LogP contribution is -2.47. The average Bonchev–Trinajstić information content (AvgIpc) is 3.25. The summed E-state index contributed by atoms with van der Waals surface area (Å²) in [6.07, 6.45) is 1.82. The molecule has 0 radical (unpaired) electrons. The molecule has 2 aromatic carbocycles. The van der Waals surface area contributed by atoms with Crippen molar-refractivity contribution in [1.29, 1.82) is 0 Å².